The third-order valence-corrected chi connectivity index (χ3v) is 2.48. The third-order valence-electron chi connectivity index (χ3n) is 2.23. The standard InChI is InChI=1S/C13H18N2O2S/c1-9(2)8-14-13(18)15-12(16)10-5-4-6-11(7-10)17-3/h4-7,9H,8H2,1-3H3,(H2,14,15,16,18). The number of ether oxygens (including phenoxy) is 1. The lowest BCUT2D eigenvalue weighted by atomic mass is 10.2. The highest BCUT2D eigenvalue weighted by atomic mass is 32.1. The first-order valence-electron chi connectivity index (χ1n) is 5.76. The molecule has 0 fully saturated rings. The van der Waals surface area contributed by atoms with Crippen LogP contribution < -0.4 is 15.4 Å². The minimum absolute atomic E-state index is 0.241. The normalized spacial score (nSPS) is 10.0. The maximum Gasteiger partial charge on any atom is 0.257 e. The molecule has 4 nitrogen and oxygen atoms in total. The van der Waals surface area contributed by atoms with Crippen molar-refractivity contribution in [1.29, 1.82) is 0 Å². The van der Waals surface area contributed by atoms with Crippen LogP contribution in [-0.2, 0) is 0 Å². The Morgan fingerprint density at radius 1 is 1.44 bits per heavy atom. The maximum absolute atomic E-state index is 11.9. The molecule has 5 heteroatoms. The first-order valence-corrected chi connectivity index (χ1v) is 6.17. The van der Waals surface area contributed by atoms with Gasteiger partial charge in [0, 0.05) is 12.1 Å². The lowest BCUT2D eigenvalue weighted by Gasteiger charge is -2.11. The topological polar surface area (TPSA) is 50.4 Å². The Morgan fingerprint density at radius 2 is 2.17 bits per heavy atom. The summed E-state index contributed by atoms with van der Waals surface area (Å²) < 4.78 is 5.06. The van der Waals surface area contributed by atoms with Gasteiger partial charge in [0.1, 0.15) is 5.75 Å². The highest BCUT2D eigenvalue weighted by Crippen LogP contribution is 2.12. The Kier molecular flexibility index (Phi) is 5.58. The number of nitrogens with one attached hydrogen (secondary N) is 2. The Labute approximate surface area is 113 Å². The Hall–Kier alpha value is -1.62. The third kappa shape index (κ3) is 4.71. The molecule has 18 heavy (non-hydrogen) atoms. The van der Waals surface area contributed by atoms with E-state index in [-0.39, 0.29) is 5.91 Å². The molecule has 1 aromatic rings. The second kappa shape index (κ2) is 6.96. The summed E-state index contributed by atoms with van der Waals surface area (Å²) in [4.78, 5) is 11.9. The summed E-state index contributed by atoms with van der Waals surface area (Å²) in [6.45, 7) is 4.87. The number of hydrogen-bond donors (Lipinski definition) is 2. The van der Waals surface area contributed by atoms with Crippen LogP contribution in [0.25, 0.3) is 0 Å². The van der Waals surface area contributed by atoms with E-state index in [0.717, 1.165) is 6.54 Å². The van der Waals surface area contributed by atoms with E-state index in [2.05, 4.69) is 24.5 Å². The molecule has 1 rings (SSSR count). The van der Waals surface area contributed by atoms with Crippen molar-refractivity contribution in [3.8, 4) is 5.75 Å². The largest absolute Gasteiger partial charge is 0.497 e. The van der Waals surface area contributed by atoms with Crippen LogP contribution in [-0.4, -0.2) is 24.7 Å². The van der Waals surface area contributed by atoms with E-state index in [9.17, 15) is 4.79 Å². The van der Waals surface area contributed by atoms with E-state index in [1.165, 1.54) is 0 Å². The van der Waals surface area contributed by atoms with Gasteiger partial charge in [-0.2, -0.15) is 0 Å². The van der Waals surface area contributed by atoms with Gasteiger partial charge in [0.25, 0.3) is 5.91 Å². The lowest BCUT2D eigenvalue weighted by Crippen LogP contribution is -2.40. The van der Waals surface area contributed by atoms with Crippen LogP contribution in [0, 0.1) is 5.92 Å². The first kappa shape index (κ1) is 14.4. The molecule has 2 N–H and O–H groups in total. The van der Waals surface area contributed by atoms with Gasteiger partial charge in [0.05, 0.1) is 7.11 Å². The van der Waals surface area contributed by atoms with E-state index >= 15 is 0 Å². The minimum Gasteiger partial charge on any atom is -0.497 e. The van der Waals surface area contributed by atoms with Crippen LogP contribution in [0.4, 0.5) is 0 Å². The second-order valence-electron chi connectivity index (χ2n) is 4.29. The van der Waals surface area contributed by atoms with E-state index in [0.29, 0.717) is 22.3 Å². The van der Waals surface area contributed by atoms with E-state index in [1.54, 1.807) is 31.4 Å². The molecule has 0 aliphatic rings. The fraction of sp³-hybridized carbons (Fsp3) is 0.385. The van der Waals surface area contributed by atoms with Crippen molar-refractivity contribution < 1.29 is 9.53 Å². The maximum atomic E-state index is 11.9. The van der Waals surface area contributed by atoms with E-state index in [4.69, 9.17) is 17.0 Å². The van der Waals surface area contributed by atoms with Crippen LogP contribution in [0.15, 0.2) is 24.3 Å². The number of methoxy groups -OCH3 is 1. The average molecular weight is 266 g/mol. The van der Waals surface area contributed by atoms with Gasteiger partial charge in [0.15, 0.2) is 5.11 Å². The van der Waals surface area contributed by atoms with Gasteiger partial charge in [-0.05, 0) is 36.3 Å². The van der Waals surface area contributed by atoms with E-state index in [1.807, 2.05) is 0 Å². The van der Waals surface area contributed by atoms with Crippen molar-refractivity contribution >= 4 is 23.2 Å². The molecule has 0 unspecified atom stereocenters. The quantitative estimate of drug-likeness (QED) is 0.818. The molecule has 0 radical (unpaired) electrons. The van der Waals surface area contributed by atoms with Crippen LogP contribution in [0.1, 0.15) is 24.2 Å². The number of hydrogen-bond acceptors (Lipinski definition) is 3. The molecule has 0 saturated carbocycles. The number of carbonyl (C=O) groups excluding carboxylic acids is 1. The highest BCUT2D eigenvalue weighted by Gasteiger charge is 2.08. The van der Waals surface area contributed by atoms with Gasteiger partial charge < -0.3 is 10.1 Å². The molecule has 0 heterocycles. The molecule has 0 saturated heterocycles. The van der Waals surface area contributed by atoms with Gasteiger partial charge in [-0.25, -0.2) is 0 Å². The summed E-state index contributed by atoms with van der Waals surface area (Å²) in [5.41, 5.74) is 0.517. The van der Waals surface area contributed by atoms with Gasteiger partial charge >= 0.3 is 0 Å². The van der Waals surface area contributed by atoms with E-state index < -0.39 is 0 Å². The summed E-state index contributed by atoms with van der Waals surface area (Å²) in [7, 11) is 1.56. The molecule has 1 amide bonds. The number of carbonyl (C=O) groups is 1. The summed E-state index contributed by atoms with van der Waals surface area (Å²) in [6.07, 6.45) is 0. The predicted octanol–water partition coefficient (Wildman–Crippen LogP) is 1.96. The summed E-state index contributed by atoms with van der Waals surface area (Å²) in [5, 5.41) is 5.95. The van der Waals surface area contributed by atoms with Crippen molar-refractivity contribution in [2.75, 3.05) is 13.7 Å². The zero-order valence-electron chi connectivity index (χ0n) is 10.8. The molecule has 0 bridgehead atoms. The monoisotopic (exact) mass is 266 g/mol. The van der Waals surface area contributed by atoms with Gasteiger partial charge in [0.2, 0.25) is 0 Å². The number of amides is 1. The molecule has 0 spiro atoms. The average Bonchev–Trinajstić information content (AvgIpc) is 2.36. The second-order valence-corrected chi connectivity index (χ2v) is 4.70. The molecule has 1 aromatic carbocycles. The van der Waals surface area contributed by atoms with Gasteiger partial charge in [-0.15, -0.1) is 0 Å². The highest BCUT2D eigenvalue weighted by molar-refractivity contribution is 7.80. The van der Waals surface area contributed by atoms with Gasteiger partial charge in [-0.1, -0.05) is 19.9 Å². The zero-order valence-corrected chi connectivity index (χ0v) is 11.6. The van der Waals surface area contributed by atoms with Crippen molar-refractivity contribution in [1.82, 2.24) is 10.6 Å². The molecule has 0 aliphatic carbocycles. The van der Waals surface area contributed by atoms with Crippen LogP contribution in [0.3, 0.4) is 0 Å². The van der Waals surface area contributed by atoms with Crippen molar-refractivity contribution in [3.05, 3.63) is 29.8 Å². The van der Waals surface area contributed by atoms with Crippen molar-refractivity contribution in [3.63, 3.8) is 0 Å². The number of rotatable bonds is 4. The lowest BCUT2D eigenvalue weighted by molar-refractivity contribution is 0.0976. The molecular formula is C13H18N2O2S. The SMILES string of the molecule is COc1cccc(C(=O)NC(=S)NCC(C)C)c1. The number of thiocarbonyl (C=S) groups is 1. The van der Waals surface area contributed by atoms with Crippen LogP contribution >= 0.6 is 12.2 Å². The minimum atomic E-state index is -0.241. The molecule has 0 atom stereocenters. The molecule has 98 valence electrons. The van der Waals surface area contributed by atoms with Crippen LogP contribution in [0.2, 0.25) is 0 Å². The molecule has 0 aromatic heterocycles. The summed E-state index contributed by atoms with van der Waals surface area (Å²) in [6, 6.07) is 6.92. The summed E-state index contributed by atoms with van der Waals surface area (Å²) >= 11 is 5.04. The fourth-order valence-corrected chi connectivity index (χ4v) is 1.46. The van der Waals surface area contributed by atoms with Crippen molar-refractivity contribution in [2.24, 2.45) is 5.92 Å². The predicted molar refractivity (Wildman–Crippen MR) is 75.9 cm³/mol. The zero-order chi connectivity index (χ0) is 13.5. The van der Waals surface area contributed by atoms with Gasteiger partial charge in [-0.3, -0.25) is 10.1 Å². The van der Waals surface area contributed by atoms with Crippen molar-refractivity contribution in [2.45, 2.75) is 13.8 Å². The van der Waals surface area contributed by atoms with Crippen LogP contribution in [0.5, 0.6) is 5.75 Å². The smallest absolute Gasteiger partial charge is 0.257 e. The molecule has 0 aliphatic heterocycles. The number of benzene rings is 1. The molecular weight excluding hydrogens is 248 g/mol. The Morgan fingerprint density at radius 3 is 2.78 bits per heavy atom. The Bertz CT molecular complexity index is 433. The summed E-state index contributed by atoms with van der Waals surface area (Å²) in [5.74, 6) is 0.871. The fourth-order valence-electron chi connectivity index (χ4n) is 1.28. The first-order chi connectivity index (χ1) is 8.52. The Balaban J connectivity index is 2.56.